The topological polar surface area (TPSA) is 38.5 Å². The van der Waals surface area contributed by atoms with E-state index in [1.807, 2.05) is 18.2 Å². The Morgan fingerprint density at radius 1 is 1.19 bits per heavy atom. The van der Waals surface area contributed by atoms with Crippen molar-refractivity contribution in [2.75, 3.05) is 32.8 Å². The lowest BCUT2D eigenvalue weighted by Crippen LogP contribution is -2.37. The minimum atomic E-state index is 0.157. The first-order valence-corrected chi connectivity index (χ1v) is 5.97. The lowest BCUT2D eigenvalue weighted by molar-refractivity contribution is 0.0366. The van der Waals surface area contributed by atoms with Crippen molar-refractivity contribution < 1.29 is 4.74 Å². The van der Waals surface area contributed by atoms with Crippen molar-refractivity contribution >= 4 is 0 Å². The van der Waals surface area contributed by atoms with Crippen LogP contribution in [0.1, 0.15) is 18.0 Å². The summed E-state index contributed by atoms with van der Waals surface area (Å²) in [6.07, 6.45) is 1.02. The van der Waals surface area contributed by atoms with Crippen molar-refractivity contribution in [3.63, 3.8) is 0 Å². The summed E-state index contributed by atoms with van der Waals surface area (Å²) in [5.74, 6) is 0. The van der Waals surface area contributed by atoms with E-state index in [1.54, 1.807) is 0 Å². The summed E-state index contributed by atoms with van der Waals surface area (Å²) in [4.78, 5) is 2.42. The third-order valence-corrected chi connectivity index (χ3v) is 3.09. The Balaban J connectivity index is 1.77. The fraction of sp³-hybridized carbons (Fsp3) is 0.538. The Morgan fingerprint density at radius 2 is 1.88 bits per heavy atom. The molecule has 0 aromatic heterocycles. The summed E-state index contributed by atoms with van der Waals surface area (Å²) in [6, 6.07) is 10.5. The van der Waals surface area contributed by atoms with Crippen molar-refractivity contribution in [3.8, 4) is 0 Å². The van der Waals surface area contributed by atoms with Crippen molar-refractivity contribution in [2.45, 2.75) is 12.5 Å². The number of ether oxygens (including phenoxy) is 1. The molecule has 0 spiro atoms. The monoisotopic (exact) mass is 220 g/mol. The van der Waals surface area contributed by atoms with Gasteiger partial charge in [-0.1, -0.05) is 30.3 Å². The van der Waals surface area contributed by atoms with Crippen LogP contribution >= 0.6 is 0 Å². The Morgan fingerprint density at radius 3 is 2.56 bits per heavy atom. The highest BCUT2D eigenvalue weighted by Crippen LogP contribution is 2.14. The zero-order valence-electron chi connectivity index (χ0n) is 9.64. The van der Waals surface area contributed by atoms with Gasteiger partial charge < -0.3 is 10.5 Å². The highest BCUT2D eigenvalue weighted by atomic mass is 16.5. The van der Waals surface area contributed by atoms with Gasteiger partial charge in [0, 0.05) is 25.7 Å². The second-order valence-electron chi connectivity index (χ2n) is 4.26. The highest BCUT2D eigenvalue weighted by molar-refractivity contribution is 5.18. The van der Waals surface area contributed by atoms with Gasteiger partial charge in [-0.05, 0) is 12.0 Å². The molecule has 3 heteroatoms. The number of morpholine rings is 1. The van der Waals surface area contributed by atoms with E-state index in [1.165, 1.54) is 5.56 Å². The number of nitrogens with two attached hydrogens (primary N) is 1. The van der Waals surface area contributed by atoms with E-state index in [4.69, 9.17) is 10.5 Å². The molecule has 2 N–H and O–H groups in total. The van der Waals surface area contributed by atoms with Gasteiger partial charge in [-0.15, -0.1) is 0 Å². The molecule has 0 aliphatic carbocycles. The highest BCUT2D eigenvalue weighted by Gasteiger charge is 2.12. The van der Waals surface area contributed by atoms with Gasteiger partial charge in [0.2, 0.25) is 0 Å². The predicted octanol–water partition coefficient (Wildman–Crippen LogP) is 1.41. The first kappa shape index (κ1) is 11.6. The van der Waals surface area contributed by atoms with Crippen molar-refractivity contribution in [3.05, 3.63) is 35.9 Å². The van der Waals surface area contributed by atoms with E-state index in [0.29, 0.717) is 0 Å². The molecule has 0 saturated carbocycles. The SMILES string of the molecule is N[C@@H](CCN1CCOCC1)c1ccccc1. The van der Waals surface area contributed by atoms with E-state index >= 15 is 0 Å². The molecule has 1 saturated heterocycles. The molecule has 1 aromatic rings. The lowest BCUT2D eigenvalue weighted by atomic mass is 10.0. The van der Waals surface area contributed by atoms with Gasteiger partial charge in [0.25, 0.3) is 0 Å². The molecular formula is C13H20N2O. The van der Waals surface area contributed by atoms with Crippen LogP contribution in [0.5, 0.6) is 0 Å². The molecule has 2 rings (SSSR count). The lowest BCUT2D eigenvalue weighted by Gasteiger charge is -2.27. The van der Waals surface area contributed by atoms with Gasteiger partial charge in [-0.25, -0.2) is 0 Å². The summed E-state index contributed by atoms with van der Waals surface area (Å²) >= 11 is 0. The van der Waals surface area contributed by atoms with Crippen LogP contribution in [0, 0.1) is 0 Å². The van der Waals surface area contributed by atoms with Crippen molar-refractivity contribution in [2.24, 2.45) is 5.73 Å². The van der Waals surface area contributed by atoms with Crippen LogP contribution in [-0.4, -0.2) is 37.7 Å². The average Bonchev–Trinajstić information content (AvgIpc) is 2.38. The summed E-state index contributed by atoms with van der Waals surface area (Å²) in [6.45, 7) is 4.88. The van der Waals surface area contributed by atoms with Gasteiger partial charge in [-0.3, -0.25) is 4.90 Å². The second kappa shape index (κ2) is 5.99. The van der Waals surface area contributed by atoms with Gasteiger partial charge in [0.15, 0.2) is 0 Å². The van der Waals surface area contributed by atoms with E-state index < -0.39 is 0 Å². The minimum absolute atomic E-state index is 0.157. The van der Waals surface area contributed by atoms with Gasteiger partial charge in [0.05, 0.1) is 13.2 Å². The van der Waals surface area contributed by atoms with E-state index in [0.717, 1.165) is 39.3 Å². The van der Waals surface area contributed by atoms with Crippen LogP contribution in [0.3, 0.4) is 0 Å². The molecule has 0 unspecified atom stereocenters. The number of hydrogen-bond acceptors (Lipinski definition) is 3. The Bertz CT molecular complexity index is 296. The largest absolute Gasteiger partial charge is 0.379 e. The minimum Gasteiger partial charge on any atom is -0.379 e. The quantitative estimate of drug-likeness (QED) is 0.833. The van der Waals surface area contributed by atoms with Gasteiger partial charge in [-0.2, -0.15) is 0 Å². The number of rotatable bonds is 4. The molecule has 1 aromatic carbocycles. The standard InChI is InChI=1S/C13H20N2O/c14-13(12-4-2-1-3-5-12)6-7-15-8-10-16-11-9-15/h1-5,13H,6-11,14H2/t13-/m0/s1. The van der Waals surface area contributed by atoms with Crippen LogP contribution < -0.4 is 5.73 Å². The van der Waals surface area contributed by atoms with E-state index in [2.05, 4.69) is 17.0 Å². The Hall–Kier alpha value is -0.900. The molecule has 3 nitrogen and oxygen atoms in total. The Kier molecular flexibility index (Phi) is 4.34. The van der Waals surface area contributed by atoms with Gasteiger partial charge >= 0.3 is 0 Å². The molecule has 1 aliphatic rings. The predicted molar refractivity (Wildman–Crippen MR) is 65.2 cm³/mol. The molecule has 88 valence electrons. The maximum atomic E-state index is 6.15. The van der Waals surface area contributed by atoms with E-state index in [9.17, 15) is 0 Å². The number of nitrogens with zero attached hydrogens (tertiary/aromatic N) is 1. The summed E-state index contributed by atoms with van der Waals surface area (Å²) in [7, 11) is 0. The molecular weight excluding hydrogens is 200 g/mol. The van der Waals surface area contributed by atoms with Crippen LogP contribution in [0.15, 0.2) is 30.3 Å². The van der Waals surface area contributed by atoms with Gasteiger partial charge in [0.1, 0.15) is 0 Å². The number of hydrogen-bond donors (Lipinski definition) is 1. The molecule has 1 heterocycles. The zero-order valence-corrected chi connectivity index (χ0v) is 9.64. The van der Waals surface area contributed by atoms with Crippen LogP contribution in [0.4, 0.5) is 0 Å². The first-order valence-electron chi connectivity index (χ1n) is 5.97. The third kappa shape index (κ3) is 3.30. The Labute approximate surface area is 97.2 Å². The fourth-order valence-electron chi connectivity index (χ4n) is 2.01. The second-order valence-corrected chi connectivity index (χ2v) is 4.26. The molecule has 0 amide bonds. The zero-order chi connectivity index (χ0) is 11.2. The normalized spacial score (nSPS) is 19.6. The maximum Gasteiger partial charge on any atom is 0.0594 e. The maximum absolute atomic E-state index is 6.15. The van der Waals surface area contributed by atoms with Crippen LogP contribution in [0.2, 0.25) is 0 Å². The third-order valence-electron chi connectivity index (χ3n) is 3.09. The van der Waals surface area contributed by atoms with E-state index in [-0.39, 0.29) is 6.04 Å². The number of benzene rings is 1. The molecule has 16 heavy (non-hydrogen) atoms. The fourth-order valence-corrected chi connectivity index (χ4v) is 2.01. The van der Waals surface area contributed by atoms with Crippen molar-refractivity contribution in [1.82, 2.24) is 4.90 Å². The molecule has 1 fully saturated rings. The molecule has 1 aliphatic heterocycles. The van der Waals surface area contributed by atoms with Crippen molar-refractivity contribution in [1.29, 1.82) is 0 Å². The van der Waals surface area contributed by atoms with Crippen LogP contribution in [0.25, 0.3) is 0 Å². The smallest absolute Gasteiger partial charge is 0.0594 e. The first-order chi connectivity index (χ1) is 7.86. The summed E-state index contributed by atoms with van der Waals surface area (Å²) < 4.78 is 5.32. The summed E-state index contributed by atoms with van der Waals surface area (Å²) in [5, 5.41) is 0. The average molecular weight is 220 g/mol. The molecule has 1 atom stereocenters. The van der Waals surface area contributed by atoms with Crippen LogP contribution in [-0.2, 0) is 4.74 Å². The summed E-state index contributed by atoms with van der Waals surface area (Å²) in [5.41, 5.74) is 7.39. The molecule has 0 radical (unpaired) electrons. The molecule has 0 bridgehead atoms.